The third-order valence-electron chi connectivity index (χ3n) is 3.48. The third kappa shape index (κ3) is 2.72. The van der Waals surface area contributed by atoms with Crippen LogP contribution in [0.25, 0.3) is 22.3 Å². The lowest BCUT2D eigenvalue weighted by Gasteiger charge is -2.01. The van der Waals surface area contributed by atoms with E-state index in [1.807, 2.05) is 41.8 Å². The number of aromatic amines is 1. The molecule has 0 saturated heterocycles. The van der Waals surface area contributed by atoms with Crippen LogP contribution in [0.4, 0.5) is 5.13 Å². The average Bonchev–Trinajstić information content (AvgIpc) is 3.24. The van der Waals surface area contributed by atoms with Gasteiger partial charge >= 0.3 is 0 Å². The number of hydrogen-bond acceptors (Lipinski definition) is 4. The summed E-state index contributed by atoms with van der Waals surface area (Å²) in [5.74, 6) is -0.185. The number of aromatic nitrogens is 3. The maximum absolute atomic E-state index is 12.3. The Morgan fingerprint density at radius 3 is 2.87 bits per heavy atom. The van der Waals surface area contributed by atoms with Gasteiger partial charge in [0.2, 0.25) is 0 Å². The number of carbonyl (C=O) groups is 1. The lowest BCUT2D eigenvalue weighted by Crippen LogP contribution is -2.11. The predicted octanol–water partition coefficient (Wildman–Crippen LogP) is 3.94. The summed E-state index contributed by atoms with van der Waals surface area (Å²) in [5.41, 5.74) is 4.13. The zero-order chi connectivity index (χ0) is 15.6. The fourth-order valence-electron chi connectivity index (χ4n) is 2.32. The van der Waals surface area contributed by atoms with Crippen molar-refractivity contribution in [1.82, 2.24) is 15.0 Å². The van der Waals surface area contributed by atoms with Gasteiger partial charge in [-0.15, -0.1) is 11.3 Å². The predicted molar refractivity (Wildman–Crippen MR) is 91.6 cm³/mol. The summed E-state index contributed by atoms with van der Waals surface area (Å²) in [6, 6.07) is 15.2. The molecule has 5 nitrogen and oxygen atoms in total. The van der Waals surface area contributed by atoms with Crippen molar-refractivity contribution in [3.8, 4) is 11.3 Å². The molecule has 2 aromatic heterocycles. The van der Waals surface area contributed by atoms with Crippen LogP contribution in [0.15, 0.2) is 60.2 Å². The first-order valence-corrected chi connectivity index (χ1v) is 7.93. The number of amides is 1. The molecule has 0 aliphatic rings. The van der Waals surface area contributed by atoms with E-state index < -0.39 is 0 Å². The van der Waals surface area contributed by atoms with E-state index in [4.69, 9.17) is 0 Å². The average molecular weight is 320 g/mol. The van der Waals surface area contributed by atoms with Gasteiger partial charge in [0.05, 0.1) is 23.1 Å². The Kier molecular flexibility index (Phi) is 3.36. The molecule has 2 aromatic carbocycles. The van der Waals surface area contributed by atoms with Crippen LogP contribution in [-0.2, 0) is 0 Å². The number of carbonyl (C=O) groups excluding carboxylic acids is 1. The van der Waals surface area contributed by atoms with Crippen molar-refractivity contribution in [1.29, 1.82) is 0 Å². The highest BCUT2D eigenvalue weighted by molar-refractivity contribution is 7.14. The van der Waals surface area contributed by atoms with Crippen LogP contribution < -0.4 is 5.32 Å². The van der Waals surface area contributed by atoms with Crippen molar-refractivity contribution in [2.45, 2.75) is 0 Å². The Balaban J connectivity index is 1.55. The van der Waals surface area contributed by atoms with E-state index in [2.05, 4.69) is 20.3 Å². The highest BCUT2D eigenvalue weighted by atomic mass is 32.1. The largest absolute Gasteiger partial charge is 0.345 e. The second-order valence-electron chi connectivity index (χ2n) is 4.99. The van der Waals surface area contributed by atoms with Gasteiger partial charge in [0.15, 0.2) is 5.13 Å². The van der Waals surface area contributed by atoms with Crippen LogP contribution in [0.2, 0.25) is 0 Å². The number of imidazole rings is 1. The molecule has 4 aromatic rings. The summed E-state index contributed by atoms with van der Waals surface area (Å²) < 4.78 is 0. The molecule has 23 heavy (non-hydrogen) atoms. The van der Waals surface area contributed by atoms with Crippen molar-refractivity contribution >= 4 is 33.4 Å². The number of nitrogens with zero attached hydrogens (tertiary/aromatic N) is 2. The molecule has 112 valence electrons. The van der Waals surface area contributed by atoms with E-state index in [0.717, 1.165) is 22.3 Å². The smallest absolute Gasteiger partial charge is 0.257 e. The highest BCUT2D eigenvalue weighted by Crippen LogP contribution is 2.25. The summed E-state index contributed by atoms with van der Waals surface area (Å²) in [7, 11) is 0. The lowest BCUT2D eigenvalue weighted by molar-refractivity contribution is 0.102. The highest BCUT2D eigenvalue weighted by Gasteiger charge is 2.11. The fraction of sp³-hybridized carbons (Fsp3) is 0. The molecular weight excluding hydrogens is 308 g/mol. The number of anilines is 1. The Morgan fingerprint density at radius 1 is 1.13 bits per heavy atom. The van der Waals surface area contributed by atoms with Gasteiger partial charge in [-0.05, 0) is 18.2 Å². The zero-order valence-electron chi connectivity index (χ0n) is 12.0. The van der Waals surface area contributed by atoms with Gasteiger partial charge in [0, 0.05) is 16.5 Å². The molecular formula is C17H12N4OS. The summed E-state index contributed by atoms with van der Waals surface area (Å²) in [6.45, 7) is 0. The van der Waals surface area contributed by atoms with Gasteiger partial charge in [0.25, 0.3) is 5.91 Å². The van der Waals surface area contributed by atoms with Crippen molar-refractivity contribution in [2.24, 2.45) is 0 Å². The van der Waals surface area contributed by atoms with Crippen LogP contribution >= 0.6 is 11.3 Å². The minimum atomic E-state index is -0.185. The second-order valence-corrected chi connectivity index (χ2v) is 5.85. The zero-order valence-corrected chi connectivity index (χ0v) is 12.8. The first-order chi connectivity index (χ1) is 11.3. The molecule has 0 bridgehead atoms. The van der Waals surface area contributed by atoms with Gasteiger partial charge in [-0.2, -0.15) is 0 Å². The van der Waals surface area contributed by atoms with Gasteiger partial charge in [-0.3, -0.25) is 10.1 Å². The summed E-state index contributed by atoms with van der Waals surface area (Å²) in [6.07, 6.45) is 1.61. The van der Waals surface area contributed by atoms with Crippen molar-refractivity contribution in [2.75, 3.05) is 5.32 Å². The summed E-state index contributed by atoms with van der Waals surface area (Å²) >= 11 is 1.41. The number of nitrogens with one attached hydrogen (secondary N) is 2. The molecule has 0 unspecified atom stereocenters. The Labute approximate surface area is 136 Å². The van der Waals surface area contributed by atoms with E-state index in [9.17, 15) is 4.79 Å². The molecule has 0 aliphatic carbocycles. The fourth-order valence-corrected chi connectivity index (χ4v) is 3.03. The number of hydrogen-bond donors (Lipinski definition) is 2. The van der Waals surface area contributed by atoms with Crippen molar-refractivity contribution in [3.63, 3.8) is 0 Å². The maximum Gasteiger partial charge on any atom is 0.257 e. The number of thiazole rings is 1. The Bertz CT molecular complexity index is 974. The SMILES string of the molecule is O=C(Nc1nc(-c2ccccc2)cs1)c1ccc2nc[nH]c2c1. The monoisotopic (exact) mass is 320 g/mol. The van der Waals surface area contributed by atoms with Crippen molar-refractivity contribution in [3.05, 3.63) is 65.8 Å². The molecule has 0 atom stereocenters. The van der Waals surface area contributed by atoms with E-state index in [0.29, 0.717) is 10.7 Å². The number of H-pyrrole nitrogens is 1. The number of rotatable bonds is 3. The summed E-state index contributed by atoms with van der Waals surface area (Å²) in [4.78, 5) is 24.0. The molecule has 4 rings (SSSR count). The van der Waals surface area contributed by atoms with Gasteiger partial charge in [-0.25, -0.2) is 9.97 Å². The first kappa shape index (κ1) is 13.7. The Morgan fingerprint density at radius 2 is 2.00 bits per heavy atom. The van der Waals surface area contributed by atoms with Crippen LogP contribution in [0.3, 0.4) is 0 Å². The maximum atomic E-state index is 12.3. The van der Waals surface area contributed by atoms with E-state index in [1.165, 1.54) is 11.3 Å². The number of fused-ring (bicyclic) bond motifs is 1. The molecule has 2 N–H and O–H groups in total. The standard InChI is InChI=1S/C17H12N4OS/c22-16(12-6-7-13-14(8-12)19-10-18-13)21-17-20-15(9-23-17)11-4-2-1-3-5-11/h1-10H,(H,18,19)(H,20,21,22). The first-order valence-electron chi connectivity index (χ1n) is 7.05. The molecule has 1 amide bonds. The molecule has 0 spiro atoms. The van der Waals surface area contributed by atoms with Gasteiger partial charge in [0.1, 0.15) is 0 Å². The van der Waals surface area contributed by atoms with Gasteiger partial charge < -0.3 is 4.98 Å². The second kappa shape index (κ2) is 5.66. The number of benzene rings is 2. The van der Waals surface area contributed by atoms with Crippen LogP contribution in [0, 0.1) is 0 Å². The van der Waals surface area contributed by atoms with Crippen molar-refractivity contribution < 1.29 is 4.79 Å². The quantitative estimate of drug-likeness (QED) is 0.600. The molecule has 2 heterocycles. The third-order valence-corrected chi connectivity index (χ3v) is 4.23. The summed E-state index contributed by atoms with van der Waals surface area (Å²) in [5, 5.41) is 5.35. The molecule has 0 aliphatic heterocycles. The van der Waals surface area contributed by atoms with E-state index in [-0.39, 0.29) is 5.91 Å². The minimum Gasteiger partial charge on any atom is -0.345 e. The van der Waals surface area contributed by atoms with E-state index >= 15 is 0 Å². The minimum absolute atomic E-state index is 0.185. The molecule has 6 heteroatoms. The molecule has 0 radical (unpaired) electrons. The van der Waals surface area contributed by atoms with Crippen LogP contribution in [0.5, 0.6) is 0 Å². The van der Waals surface area contributed by atoms with Crippen LogP contribution in [0.1, 0.15) is 10.4 Å². The lowest BCUT2D eigenvalue weighted by atomic mass is 10.2. The Hall–Kier alpha value is -2.99. The topological polar surface area (TPSA) is 70.7 Å². The molecule has 0 saturated carbocycles. The normalized spacial score (nSPS) is 10.8. The van der Waals surface area contributed by atoms with Crippen LogP contribution in [-0.4, -0.2) is 20.9 Å². The molecule has 0 fully saturated rings. The van der Waals surface area contributed by atoms with Gasteiger partial charge in [-0.1, -0.05) is 30.3 Å². The van der Waals surface area contributed by atoms with E-state index in [1.54, 1.807) is 18.5 Å².